The summed E-state index contributed by atoms with van der Waals surface area (Å²) in [6, 6.07) is 7.79. The smallest absolute Gasteiger partial charge is 0.205 e. The van der Waals surface area contributed by atoms with E-state index < -0.39 is 0 Å². The summed E-state index contributed by atoms with van der Waals surface area (Å²) in [6.07, 6.45) is 5.28. The number of nitrogens with zero attached hydrogens (tertiary/aromatic N) is 2. The molecule has 1 atom stereocenters. The molecule has 1 aromatic carbocycles. The monoisotopic (exact) mass is 270 g/mol. The molecule has 1 aromatic heterocycles. The largest absolute Gasteiger partial charge is 0.493 e. The Bertz CT molecular complexity index is 618. The fourth-order valence-corrected chi connectivity index (χ4v) is 2.73. The lowest BCUT2D eigenvalue weighted by atomic mass is 9.89. The predicted molar refractivity (Wildman–Crippen MR) is 76.1 cm³/mol. The fourth-order valence-electron chi connectivity index (χ4n) is 2.73. The van der Waals surface area contributed by atoms with Crippen molar-refractivity contribution >= 4 is 5.78 Å². The summed E-state index contributed by atoms with van der Waals surface area (Å²) < 4.78 is 7.56. The van der Waals surface area contributed by atoms with Gasteiger partial charge in [0.1, 0.15) is 5.75 Å². The van der Waals surface area contributed by atoms with Crippen molar-refractivity contribution in [1.82, 2.24) is 9.55 Å². The molecule has 1 aliphatic rings. The molecule has 0 saturated carbocycles. The Hall–Kier alpha value is -2.10. The molecule has 0 N–H and O–H groups in total. The molecule has 2 aromatic rings. The minimum Gasteiger partial charge on any atom is -0.493 e. The number of benzene rings is 1. The van der Waals surface area contributed by atoms with Crippen LogP contribution in [0.3, 0.4) is 0 Å². The average molecular weight is 270 g/mol. The van der Waals surface area contributed by atoms with Crippen LogP contribution in [0.15, 0.2) is 36.7 Å². The SMILES string of the molecule is CCCn1ccnc1C(=O)C1CCOc2ccccc21. The Morgan fingerprint density at radius 1 is 1.45 bits per heavy atom. The molecule has 0 fully saturated rings. The van der Waals surface area contributed by atoms with Crippen molar-refractivity contribution in [1.29, 1.82) is 0 Å². The molecule has 2 heterocycles. The van der Waals surface area contributed by atoms with Crippen LogP contribution in [0.2, 0.25) is 0 Å². The van der Waals surface area contributed by atoms with E-state index in [4.69, 9.17) is 4.74 Å². The first-order chi connectivity index (χ1) is 9.81. The van der Waals surface area contributed by atoms with Gasteiger partial charge >= 0.3 is 0 Å². The lowest BCUT2D eigenvalue weighted by Crippen LogP contribution is -2.24. The number of Topliss-reactive ketones (excluding diaryl/α,β-unsaturated/α-hetero) is 1. The van der Waals surface area contributed by atoms with E-state index in [1.54, 1.807) is 6.20 Å². The van der Waals surface area contributed by atoms with Crippen LogP contribution in [0.25, 0.3) is 0 Å². The molecule has 0 saturated heterocycles. The number of ketones is 1. The Labute approximate surface area is 118 Å². The number of carbonyl (C=O) groups is 1. The standard InChI is InChI=1S/C16H18N2O2/c1-2-9-18-10-8-17-16(18)15(19)13-7-11-20-14-6-4-3-5-12(13)14/h3-6,8,10,13H,2,7,9,11H2,1H3. The van der Waals surface area contributed by atoms with E-state index in [2.05, 4.69) is 11.9 Å². The summed E-state index contributed by atoms with van der Waals surface area (Å²) in [5.74, 6) is 1.34. The number of ether oxygens (including phenoxy) is 1. The molecule has 0 amide bonds. The van der Waals surface area contributed by atoms with Gasteiger partial charge in [0.25, 0.3) is 0 Å². The van der Waals surface area contributed by atoms with Gasteiger partial charge < -0.3 is 9.30 Å². The summed E-state index contributed by atoms with van der Waals surface area (Å²) in [5, 5.41) is 0. The zero-order valence-corrected chi connectivity index (χ0v) is 11.6. The van der Waals surface area contributed by atoms with Gasteiger partial charge in [-0.05, 0) is 18.9 Å². The molecular formula is C16H18N2O2. The first kappa shape index (κ1) is 12.9. The summed E-state index contributed by atoms with van der Waals surface area (Å²) in [4.78, 5) is 17.0. The molecule has 20 heavy (non-hydrogen) atoms. The van der Waals surface area contributed by atoms with E-state index in [0.29, 0.717) is 12.4 Å². The Morgan fingerprint density at radius 2 is 2.30 bits per heavy atom. The van der Waals surface area contributed by atoms with Gasteiger partial charge in [-0.1, -0.05) is 25.1 Å². The Balaban J connectivity index is 1.94. The van der Waals surface area contributed by atoms with Crippen LogP contribution in [0.5, 0.6) is 5.75 Å². The predicted octanol–water partition coefficient (Wildman–Crippen LogP) is 3.04. The van der Waals surface area contributed by atoms with E-state index in [1.807, 2.05) is 35.0 Å². The van der Waals surface area contributed by atoms with Gasteiger partial charge in [0.05, 0.1) is 12.5 Å². The third kappa shape index (κ3) is 2.22. The first-order valence-electron chi connectivity index (χ1n) is 7.08. The van der Waals surface area contributed by atoms with Crippen molar-refractivity contribution in [3.8, 4) is 5.75 Å². The number of fused-ring (bicyclic) bond motifs is 1. The number of imidazole rings is 1. The number of hydrogen-bond donors (Lipinski definition) is 0. The van der Waals surface area contributed by atoms with Gasteiger partial charge in [0.15, 0.2) is 5.82 Å². The van der Waals surface area contributed by atoms with E-state index >= 15 is 0 Å². The molecule has 3 rings (SSSR count). The maximum Gasteiger partial charge on any atom is 0.205 e. The van der Waals surface area contributed by atoms with Crippen LogP contribution < -0.4 is 4.74 Å². The number of aromatic nitrogens is 2. The second-order valence-electron chi connectivity index (χ2n) is 5.04. The molecule has 4 nitrogen and oxygen atoms in total. The van der Waals surface area contributed by atoms with E-state index in [1.165, 1.54) is 0 Å². The first-order valence-corrected chi connectivity index (χ1v) is 7.08. The van der Waals surface area contributed by atoms with Gasteiger partial charge in [0.2, 0.25) is 5.78 Å². The van der Waals surface area contributed by atoms with Crippen molar-refractivity contribution in [2.75, 3.05) is 6.61 Å². The zero-order chi connectivity index (χ0) is 13.9. The number of hydrogen-bond acceptors (Lipinski definition) is 3. The number of aryl methyl sites for hydroxylation is 1. The summed E-state index contributed by atoms with van der Waals surface area (Å²) >= 11 is 0. The average Bonchev–Trinajstić information content (AvgIpc) is 2.94. The topological polar surface area (TPSA) is 44.1 Å². The highest BCUT2D eigenvalue weighted by Crippen LogP contribution is 2.35. The highest BCUT2D eigenvalue weighted by atomic mass is 16.5. The lowest BCUT2D eigenvalue weighted by molar-refractivity contribution is 0.0918. The van der Waals surface area contributed by atoms with Crippen molar-refractivity contribution in [3.63, 3.8) is 0 Å². The third-order valence-electron chi connectivity index (χ3n) is 3.68. The van der Waals surface area contributed by atoms with Gasteiger partial charge in [0, 0.05) is 24.5 Å². The normalized spacial score (nSPS) is 17.4. The van der Waals surface area contributed by atoms with E-state index in [9.17, 15) is 4.79 Å². The van der Waals surface area contributed by atoms with Gasteiger partial charge in [-0.25, -0.2) is 4.98 Å². The molecule has 1 aliphatic heterocycles. The second-order valence-corrected chi connectivity index (χ2v) is 5.04. The molecule has 0 aliphatic carbocycles. The second kappa shape index (κ2) is 5.49. The molecule has 0 spiro atoms. The Morgan fingerprint density at radius 3 is 3.15 bits per heavy atom. The fraction of sp³-hybridized carbons (Fsp3) is 0.375. The quantitative estimate of drug-likeness (QED) is 0.802. The molecule has 4 heteroatoms. The van der Waals surface area contributed by atoms with E-state index in [-0.39, 0.29) is 11.7 Å². The third-order valence-corrected chi connectivity index (χ3v) is 3.68. The maximum absolute atomic E-state index is 12.8. The van der Waals surface area contributed by atoms with Crippen molar-refractivity contribution < 1.29 is 9.53 Å². The minimum absolute atomic E-state index is 0.0965. The highest BCUT2D eigenvalue weighted by molar-refractivity contribution is 5.98. The van der Waals surface area contributed by atoms with Crippen molar-refractivity contribution in [2.45, 2.75) is 32.2 Å². The Kier molecular flexibility index (Phi) is 3.54. The van der Waals surface area contributed by atoms with Crippen LogP contribution in [0.1, 0.15) is 41.9 Å². The van der Waals surface area contributed by atoms with Gasteiger partial charge in [-0.3, -0.25) is 4.79 Å². The van der Waals surface area contributed by atoms with Crippen molar-refractivity contribution in [2.24, 2.45) is 0 Å². The highest BCUT2D eigenvalue weighted by Gasteiger charge is 2.30. The lowest BCUT2D eigenvalue weighted by Gasteiger charge is -2.24. The number of rotatable bonds is 4. The van der Waals surface area contributed by atoms with Crippen molar-refractivity contribution in [3.05, 3.63) is 48.0 Å². The van der Waals surface area contributed by atoms with Crippen LogP contribution in [-0.2, 0) is 6.54 Å². The number of para-hydroxylation sites is 1. The molecule has 1 unspecified atom stereocenters. The molecule has 0 radical (unpaired) electrons. The molecular weight excluding hydrogens is 252 g/mol. The van der Waals surface area contributed by atoms with Crippen LogP contribution in [0, 0.1) is 0 Å². The van der Waals surface area contributed by atoms with Gasteiger partial charge in [-0.2, -0.15) is 0 Å². The molecule has 0 bridgehead atoms. The van der Waals surface area contributed by atoms with Crippen LogP contribution >= 0.6 is 0 Å². The molecule has 104 valence electrons. The zero-order valence-electron chi connectivity index (χ0n) is 11.6. The maximum atomic E-state index is 12.8. The van der Waals surface area contributed by atoms with Crippen LogP contribution in [0.4, 0.5) is 0 Å². The van der Waals surface area contributed by atoms with Crippen LogP contribution in [-0.4, -0.2) is 21.9 Å². The minimum atomic E-state index is -0.141. The summed E-state index contributed by atoms with van der Waals surface area (Å²) in [7, 11) is 0. The van der Waals surface area contributed by atoms with Gasteiger partial charge in [-0.15, -0.1) is 0 Å². The number of carbonyl (C=O) groups excluding carboxylic acids is 1. The summed E-state index contributed by atoms with van der Waals surface area (Å²) in [6.45, 7) is 3.51. The summed E-state index contributed by atoms with van der Waals surface area (Å²) in [5.41, 5.74) is 0.981. The van der Waals surface area contributed by atoms with E-state index in [0.717, 1.165) is 30.7 Å².